The lowest BCUT2D eigenvalue weighted by Gasteiger charge is -2.21. The van der Waals surface area contributed by atoms with Crippen LogP contribution < -0.4 is 5.32 Å². The summed E-state index contributed by atoms with van der Waals surface area (Å²) < 4.78 is 6.04. The van der Waals surface area contributed by atoms with E-state index in [4.69, 9.17) is 4.74 Å². The standard InChI is InChI=1S/C14H14BrNO3/c15-11-7-12-9(6-13(17)16-12)5-10(11)14(18)8-1-3-19-4-2-8/h5,7-8H,1-4,6H2,(H,16,17). The van der Waals surface area contributed by atoms with Crippen molar-refractivity contribution in [1.29, 1.82) is 0 Å². The zero-order chi connectivity index (χ0) is 13.4. The van der Waals surface area contributed by atoms with E-state index in [1.807, 2.05) is 12.1 Å². The van der Waals surface area contributed by atoms with Crippen LogP contribution in [0.3, 0.4) is 0 Å². The van der Waals surface area contributed by atoms with Crippen LogP contribution in [0.25, 0.3) is 0 Å². The number of carbonyl (C=O) groups is 2. The summed E-state index contributed by atoms with van der Waals surface area (Å²) in [5.41, 5.74) is 2.39. The third kappa shape index (κ3) is 2.44. The maximum absolute atomic E-state index is 12.5. The first kappa shape index (κ1) is 12.8. The summed E-state index contributed by atoms with van der Waals surface area (Å²) in [5.74, 6) is 0.169. The van der Waals surface area contributed by atoms with E-state index in [1.54, 1.807) is 0 Å². The Hall–Kier alpha value is -1.20. The van der Waals surface area contributed by atoms with Crippen molar-refractivity contribution in [2.24, 2.45) is 5.92 Å². The number of hydrogen-bond donors (Lipinski definition) is 1. The number of nitrogens with one attached hydrogen (secondary N) is 1. The summed E-state index contributed by atoms with van der Waals surface area (Å²) in [7, 11) is 0. The zero-order valence-corrected chi connectivity index (χ0v) is 12.0. The lowest BCUT2D eigenvalue weighted by molar-refractivity contribution is -0.115. The minimum absolute atomic E-state index is 0.0161. The van der Waals surface area contributed by atoms with Gasteiger partial charge in [0.1, 0.15) is 0 Å². The van der Waals surface area contributed by atoms with Crippen LogP contribution in [0.2, 0.25) is 0 Å². The minimum atomic E-state index is -0.0161. The summed E-state index contributed by atoms with van der Waals surface area (Å²) >= 11 is 3.43. The molecular formula is C14H14BrNO3. The Morgan fingerprint density at radius 2 is 2.05 bits per heavy atom. The molecule has 0 bridgehead atoms. The molecule has 1 N–H and O–H groups in total. The van der Waals surface area contributed by atoms with Crippen molar-refractivity contribution < 1.29 is 14.3 Å². The van der Waals surface area contributed by atoms with E-state index < -0.39 is 0 Å². The van der Waals surface area contributed by atoms with Crippen LogP contribution in [0, 0.1) is 5.92 Å². The number of rotatable bonds is 2. The molecule has 2 aliphatic heterocycles. The van der Waals surface area contributed by atoms with E-state index in [1.165, 1.54) is 0 Å². The Morgan fingerprint density at radius 1 is 1.32 bits per heavy atom. The number of ketones is 1. The predicted octanol–water partition coefficient (Wildman–Crippen LogP) is 2.55. The zero-order valence-electron chi connectivity index (χ0n) is 10.4. The molecule has 0 spiro atoms. The number of fused-ring (bicyclic) bond motifs is 1. The number of ether oxygens (including phenoxy) is 1. The number of Topliss-reactive ketones (excluding diaryl/α,β-unsaturated/α-hetero) is 1. The predicted molar refractivity (Wildman–Crippen MR) is 74.3 cm³/mol. The van der Waals surface area contributed by atoms with Gasteiger partial charge in [0.05, 0.1) is 6.42 Å². The van der Waals surface area contributed by atoms with Crippen LogP contribution in [0.5, 0.6) is 0 Å². The van der Waals surface area contributed by atoms with Crippen LogP contribution in [-0.4, -0.2) is 24.9 Å². The molecule has 0 aliphatic carbocycles. The number of hydrogen-bond acceptors (Lipinski definition) is 3. The van der Waals surface area contributed by atoms with E-state index >= 15 is 0 Å². The lowest BCUT2D eigenvalue weighted by atomic mass is 9.90. The largest absolute Gasteiger partial charge is 0.381 e. The molecule has 5 heteroatoms. The normalized spacial score (nSPS) is 19.1. The molecule has 4 nitrogen and oxygen atoms in total. The first-order valence-corrected chi connectivity index (χ1v) is 7.18. The number of benzene rings is 1. The molecule has 100 valence electrons. The number of anilines is 1. The van der Waals surface area contributed by atoms with Gasteiger partial charge in [-0.1, -0.05) is 0 Å². The van der Waals surface area contributed by atoms with Gasteiger partial charge in [-0.15, -0.1) is 0 Å². The molecule has 0 atom stereocenters. The highest BCUT2D eigenvalue weighted by atomic mass is 79.9. The van der Waals surface area contributed by atoms with Crippen LogP contribution in [0.15, 0.2) is 16.6 Å². The second kappa shape index (κ2) is 5.06. The highest BCUT2D eigenvalue weighted by Gasteiger charge is 2.27. The molecule has 1 aromatic rings. The summed E-state index contributed by atoms with van der Waals surface area (Å²) in [6, 6.07) is 3.67. The number of halogens is 1. The Labute approximate surface area is 119 Å². The van der Waals surface area contributed by atoms with Crippen LogP contribution >= 0.6 is 15.9 Å². The van der Waals surface area contributed by atoms with Gasteiger partial charge in [-0.3, -0.25) is 9.59 Å². The first-order chi connectivity index (χ1) is 9.15. The van der Waals surface area contributed by atoms with Crippen molar-refractivity contribution in [1.82, 2.24) is 0 Å². The SMILES string of the molecule is O=C1Cc2cc(C(=O)C3CCOCC3)c(Br)cc2N1. The Bertz CT molecular complexity index is 550. The maximum Gasteiger partial charge on any atom is 0.228 e. The monoisotopic (exact) mass is 323 g/mol. The van der Waals surface area contributed by atoms with Crippen molar-refractivity contribution in [3.05, 3.63) is 27.7 Å². The molecule has 3 rings (SSSR count). The Balaban J connectivity index is 1.90. The second-order valence-electron chi connectivity index (χ2n) is 4.97. The van der Waals surface area contributed by atoms with Gasteiger partial charge in [-0.2, -0.15) is 0 Å². The van der Waals surface area contributed by atoms with Gasteiger partial charge in [0.15, 0.2) is 5.78 Å². The average Bonchev–Trinajstić information content (AvgIpc) is 2.77. The fourth-order valence-electron chi connectivity index (χ4n) is 2.62. The molecule has 2 heterocycles. The molecule has 0 aromatic heterocycles. The van der Waals surface area contributed by atoms with Crippen molar-refractivity contribution in [2.45, 2.75) is 19.3 Å². The van der Waals surface area contributed by atoms with Gasteiger partial charge in [-0.05, 0) is 46.5 Å². The topological polar surface area (TPSA) is 55.4 Å². The van der Waals surface area contributed by atoms with E-state index in [2.05, 4.69) is 21.2 Å². The van der Waals surface area contributed by atoms with Gasteiger partial charge >= 0.3 is 0 Å². The molecule has 0 unspecified atom stereocenters. The van der Waals surface area contributed by atoms with Crippen molar-refractivity contribution in [2.75, 3.05) is 18.5 Å². The lowest BCUT2D eigenvalue weighted by Crippen LogP contribution is -2.23. The Kier molecular flexibility index (Phi) is 3.41. The maximum atomic E-state index is 12.5. The number of amides is 1. The van der Waals surface area contributed by atoms with Crippen molar-refractivity contribution >= 4 is 33.3 Å². The fourth-order valence-corrected chi connectivity index (χ4v) is 3.16. The van der Waals surface area contributed by atoms with E-state index in [0.717, 1.165) is 28.6 Å². The molecule has 19 heavy (non-hydrogen) atoms. The van der Waals surface area contributed by atoms with Gasteiger partial charge < -0.3 is 10.1 Å². The third-order valence-electron chi connectivity index (χ3n) is 3.68. The van der Waals surface area contributed by atoms with Crippen LogP contribution in [0.1, 0.15) is 28.8 Å². The minimum Gasteiger partial charge on any atom is -0.381 e. The van der Waals surface area contributed by atoms with E-state index in [9.17, 15) is 9.59 Å². The van der Waals surface area contributed by atoms with E-state index in [0.29, 0.717) is 25.2 Å². The molecule has 2 aliphatic rings. The smallest absolute Gasteiger partial charge is 0.228 e. The first-order valence-electron chi connectivity index (χ1n) is 6.39. The van der Waals surface area contributed by atoms with Gasteiger partial charge in [0.2, 0.25) is 5.91 Å². The highest BCUT2D eigenvalue weighted by molar-refractivity contribution is 9.10. The van der Waals surface area contributed by atoms with Crippen molar-refractivity contribution in [3.63, 3.8) is 0 Å². The quantitative estimate of drug-likeness (QED) is 0.851. The molecule has 0 saturated carbocycles. The average molecular weight is 324 g/mol. The summed E-state index contributed by atoms with van der Waals surface area (Å²) in [6.45, 7) is 1.30. The van der Waals surface area contributed by atoms with E-state index in [-0.39, 0.29) is 17.6 Å². The molecule has 1 aromatic carbocycles. The summed E-state index contributed by atoms with van der Waals surface area (Å²) in [4.78, 5) is 23.9. The Morgan fingerprint density at radius 3 is 2.79 bits per heavy atom. The van der Waals surface area contributed by atoms with Gasteiger partial charge in [0, 0.05) is 34.9 Å². The summed E-state index contributed by atoms with van der Waals surface area (Å²) in [5, 5.41) is 2.78. The summed E-state index contributed by atoms with van der Waals surface area (Å²) in [6.07, 6.45) is 1.91. The molecule has 1 saturated heterocycles. The second-order valence-corrected chi connectivity index (χ2v) is 5.82. The third-order valence-corrected chi connectivity index (χ3v) is 4.33. The fraction of sp³-hybridized carbons (Fsp3) is 0.429. The molecule has 0 radical (unpaired) electrons. The van der Waals surface area contributed by atoms with Gasteiger partial charge in [-0.25, -0.2) is 0 Å². The molecule has 1 amide bonds. The highest BCUT2D eigenvalue weighted by Crippen LogP contribution is 2.32. The van der Waals surface area contributed by atoms with Gasteiger partial charge in [0.25, 0.3) is 0 Å². The molecule has 1 fully saturated rings. The van der Waals surface area contributed by atoms with Crippen LogP contribution in [-0.2, 0) is 16.0 Å². The van der Waals surface area contributed by atoms with Crippen LogP contribution in [0.4, 0.5) is 5.69 Å². The molecular weight excluding hydrogens is 310 g/mol. The number of carbonyl (C=O) groups excluding carboxylic acids is 2. The van der Waals surface area contributed by atoms with Crippen molar-refractivity contribution in [3.8, 4) is 0 Å².